The average Bonchev–Trinajstić information content (AvgIpc) is 3.05. The number of methoxy groups -OCH3 is 2. The molecule has 1 aliphatic heterocycles. The number of carbonyl (C=O) groups excluding carboxylic acids is 4. The molecule has 2 aromatic rings. The zero-order chi connectivity index (χ0) is 33.2. The number of aryl methyl sites for hydroxylation is 1. The van der Waals surface area contributed by atoms with Crippen molar-refractivity contribution in [2.45, 2.75) is 77.9 Å². The number of carbonyl (C=O) groups is 4. The van der Waals surface area contributed by atoms with Gasteiger partial charge in [-0.3, -0.25) is 14.4 Å². The van der Waals surface area contributed by atoms with E-state index in [1.54, 1.807) is 34.1 Å². The smallest absolute Gasteiger partial charge is 0.329 e. The summed E-state index contributed by atoms with van der Waals surface area (Å²) in [4.78, 5) is 54.4. The number of ether oxygens (including phenoxy) is 3. The second-order valence-electron chi connectivity index (χ2n) is 12.0. The largest absolute Gasteiger partial charge is 0.493 e. The predicted molar refractivity (Wildman–Crippen MR) is 181 cm³/mol. The summed E-state index contributed by atoms with van der Waals surface area (Å²) < 4.78 is 17.2. The highest BCUT2D eigenvalue weighted by atomic mass is 33.1. The third-order valence-corrected chi connectivity index (χ3v) is 10.1. The van der Waals surface area contributed by atoms with Crippen LogP contribution in [0.5, 0.6) is 11.5 Å². The van der Waals surface area contributed by atoms with Gasteiger partial charge in [0.25, 0.3) is 5.91 Å². The van der Waals surface area contributed by atoms with E-state index in [-0.39, 0.29) is 5.91 Å². The first-order valence-electron chi connectivity index (χ1n) is 15.2. The van der Waals surface area contributed by atoms with E-state index in [9.17, 15) is 19.2 Å². The van der Waals surface area contributed by atoms with Gasteiger partial charge in [-0.1, -0.05) is 60.6 Å². The molecule has 2 amide bonds. The number of benzene rings is 2. The Labute approximate surface area is 274 Å². The van der Waals surface area contributed by atoms with Crippen molar-refractivity contribution in [1.82, 2.24) is 4.90 Å². The van der Waals surface area contributed by atoms with Crippen molar-refractivity contribution in [2.24, 2.45) is 5.41 Å². The van der Waals surface area contributed by atoms with Gasteiger partial charge in [0.15, 0.2) is 11.5 Å². The monoisotopic (exact) mass is 658 g/mol. The molecule has 0 radical (unpaired) electrons. The van der Waals surface area contributed by atoms with Crippen molar-refractivity contribution in [1.29, 1.82) is 0 Å². The van der Waals surface area contributed by atoms with E-state index in [0.29, 0.717) is 67.2 Å². The number of esters is 1. The van der Waals surface area contributed by atoms with Crippen LogP contribution in [-0.4, -0.2) is 67.3 Å². The van der Waals surface area contributed by atoms with Gasteiger partial charge in [-0.2, -0.15) is 0 Å². The first-order valence-corrected chi connectivity index (χ1v) is 18.0. The van der Waals surface area contributed by atoms with Gasteiger partial charge in [0.1, 0.15) is 11.6 Å². The van der Waals surface area contributed by atoms with Crippen molar-refractivity contribution in [3.8, 4) is 11.5 Å². The average molecular weight is 659 g/mol. The number of likely N-dealkylation sites (tertiary alicyclic amines) is 1. The molecular formula is C34H46N2O7S2. The molecule has 45 heavy (non-hydrogen) atoms. The molecule has 1 unspecified atom stereocenters. The fourth-order valence-electron chi connectivity index (χ4n) is 5.20. The summed E-state index contributed by atoms with van der Waals surface area (Å²) in [5.41, 5.74) is 0.293. The van der Waals surface area contributed by atoms with Crippen LogP contribution < -0.4 is 14.8 Å². The number of amides is 2. The summed E-state index contributed by atoms with van der Waals surface area (Å²) in [5, 5.41) is 2.93. The van der Waals surface area contributed by atoms with E-state index < -0.39 is 34.7 Å². The Morgan fingerprint density at radius 1 is 1.00 bits per heavy atom. The molecule has 0 spiro atoms. The Hall–Kier alpha value is -3.18. The highest BCUT2D eigenvalue weighted by molar-refractivity contribution is 8.76. The minimum absolute atomic E-state index is 0.133. The molecule has 2 atom stereocenters. The molecule has 1 saturated heterocycles. The van der Waals surface area contributed by atoms with Crippen LogP contribution in [0.2, 0.25) is 0 Å². The molecular weight excluding hydrogens is 613 g/mol. The number of hydrogen-bond donors (Lipinski definition) is 1. The summed E-state index contributed by atoms with van der Waals surface area (Å²) in [7, 11) is 6.12. The molecule has 246 valence electrons. The predicted octanol–water partition coefficient (Wildman–Crippen LogP) is 6.43. The fraction of sp³-hybridized carbons (Fsp3) is 0.529. The number of ketones is 1. The number of nitrogens with one attached hydrogen (secondary N) is 1. The third kappa shape index (κ3) is 9.42. The lowest BCUT2D eigenvalue weighted by Gasteiger charge is -2.38. The maximum absolute atomic E-state index is 14.0. The Kier molecular flexibility index (Phi) is 13.2. The van der Waals surface area contributed by atoms with Crippen molar-refractivity contribution >= 4 is 50.8 Å². The van der Waals surface area contributed by atoms with Crippen LogP contribution in [0.4, 0.5) is 5.69 Å². The highest BCUT2D eigenvalue weighted by Crippen LogP contribution is 2.36. The van der Waals surface area contributed by atoms with E-state index in [0.717, 1.165) is 12.0 Å². The maximum atomic E-state index is 14.0. The van der Waals surface area contributed by atoms with Crippen molar-refractivity contribution in [2.75, 3.05) is 38.1 Å². The van der Waals surface area contributed by atoms with Gasteiger partial charge >= 0.3 is 5.97 Å². The Balaban J connectivity index is 1.94. The molecule has 1 aliphatic rings. The molecule has 1 N–H and O–H groups in total. The van der Waals surface area contributed by atoms with E-state index in [2.05, 4.69) is 5.32 Å². The summed E-state index contributed by atoms with van der Waals surface area (Å²) in [6.07, 6.45) is 5.22. The van der Waals surface area contributed by atoms with Gasteiger partial charge in [-0.05, 0) is 87.1 Å². The van der Waals surface area contributed by atoms with Crippen LogP contribution in [0.25, 0.3) is 0 Å². The SMILES string of the molecule is CCC(C)(C)C(=O)C(=O)N1CCCC[C@H]1C(=O)OC(C)(CCc1ccc(OC)c(OC)c1)c1cccc(NC(=O)CSSC)c1. The van der Waals surface area contributed by atoms with Crippen LogP contribution in [0.15, 0.2) is 42.5 Å². The molecule has 0 bridgehead atoms. The zero-order valence-corrected chi connectivity index (χ0v) is 29.0. The summed E-state index contributed by atoms with van der Waals surface area (Å²) in [6, 6.07) is 12.1. The van der Waals surface area contributed by atoms with E-state index in [1.807, 2.05) is 56.5 Å². The summed E-state index contributed by atoms with van der Waals surface area (Å²) in [6.45, 7) is 7.54. The van der Waals surface area contributed by atoms with Gasteiger partial charge in [-0.15, -0.1) is 0 Å². The zero-order valence-electron chi connectivity index (χ0n) is 27.4. The normalized spacial score (nSPS) is 16.3. The van der Waals surface area contributed by atoms with Crippen molar-refractivity contribution in [3.05, 3.63) is 53.6 Å². The second kappa shape index (κ2) is 16.4. The Bertz CT molecular complexity index is 1370. The summed E-state index contributed by atoms with van der Waals surface area (Å²) in [5.74, 6) is -0.306. The van der Waals surface area contributed by atoms with Gasteiger partial charge < -0.3 is 24.4 Å². The minimum Gasteiger partial charge on any atom is -0.493 e. The number of Topliss-reactive ketones (excluding diaryl/α,β-unsaturated/α-hetero) is 1. The number of piperidine rings is 1. The van der Waals surface area contributed by atoms with Gasteiger partial charge in [0.05, 0.1) is 20.0 Å². The van der Waals surface area contributed by atoms with Crippen LogP contribution in [-0.2, 0) is 35.9 Å². The van der Waals surface area contributed by atoms with E-state index in [1.165, 1.54) is 26.5 Å². The Morgan fingerprint density at radius 3 is 2.40 bits per heavy atom. The van der Waals surface area contributed by atoms with Crippen LogP contribution in [0, 0.1) is 5.41 Å². The number of rotatable bonds is 15. The molecule has 0 aliphatic carbocycles. The van der Waals surface area contributed by atoms with Crippen molar-refractivity contribution in [3.63, 3.8) is 0 Å². The molecule has 0 aromatic heterocycles. The van der Waals surface area contributed by atoms with Crippen LogP contribution in [0.3, 0.4) is 0 Å². The van der Waals surface area contributed by atoms with Gasteiger partial charge in [-0.25, -0.2) is 4.79 Å². The lowest BCUT2D eigenvalue weighted by Crippen LogP contribution is -2.54. The molecule has 3 rings (SSSR count). The fourth-order valence-corrected chi connectivity index (χ4v) is 6.17. The highest BCUT2D eigenvalue weighted by Gasteiger charge is 2.42. The lowest BCUT2D eigenvalue weighted by atomic mass is 9.84. The molecule has 0 saturated carbocycles. The second-order valence-corrected chi connectivity index (χ2v) is 14.5. The van der Waals surface area contributed by atoms with Crippen molar-refractivity contribution < 1.29 is 33.4 Å². The number of anilines is 1. The molecule has 9 nitrogen and oxygen atoms in total. The first kappa shape index (κ1) is 36.3. The Morgan fingerprint density at radius 2 is 1.73 bits per heavy atom. The quantitative estimate of drug-likeness (QED) is 0.131. The first-order chi connectivity index (χ1) is 21.4. The molecule has 1 fully saturated rings. The van der Waals surface area contributed by atoms with E-state index >= 15 is 0 Å². The third-order valence-electron chi connectivity index (χ3n) is 8.46. The van der Waals surface area contributed by atoms with Gasteiger partial charge in [0, 0.05) is 17.6 Å². The molecule has 1 heterocycles. The number of nitrogens with zero attached hydrogens (tertiary/aromatic N) is 1. The van der Waals surface area contributed by atoms with Crippen LogP contribution >= 0.6 is 21.6 Å². The lowest BCUT2D eigenvalue weighted by molar-refractivity contribution is -0.172. The van der Waals surface area contributed by atoms with E-state index in [4.69, 9.17) is 14.2 Å². The molecule has 2 aromatic carbocycles. The standard InChI is InChI=1S/C34H46N2O7S2/c1-8-33(2,3)30(38)31(39)36-19-10-9-14-26(36)32(40)43-34(4,18-17-23-15-16-27(41-5)28(20-23)42-6)24-12-11-13-25(21-24)35-29(37)22-45-44-7/h11-13,15-16,20-21,26H,8-10,14,17-19,22H2,1-7H3,(H,35,37)/t26-,34?/m0/s1. The van der Waals surface area contributed by atoms with Gasteiger partial charge in [0.2, 0.25) is 11.7 Å². The number of hydrogen-bond acceptors (Lipinski definition) is 9. The minimum atomic E-state index is -1.13. The molecule has 11 heteroatoms. The topological polar surface area (TPSA) is 111 Å². The van der Waals surface area contributed by atoms with Crippen LogP contribution in [0.1, 0.15) is 70.9 Å². The summed E-state index contributed by atoms with van der Waals surface area (Å²) >= 11 is 0. The maximum Gasteiger partial charge on any atom is 0.329 e.